The molecule has 1 fully saturated rings. The first-order chi connectivity index (χ1) is 16.6. The van der Waals surface area contributed by atoms with Crippen LogP contribution < -0.4 is 5.56 Å². The number of nitrogens with zero attached hydrogens (tertiary/aromatic N) is 5. The van der Waals surface area contributed by atoms with Crippen molar-refractivity contribution in [3.8, 4) is 23.0 Å². The van der Waals surface area contributed by atoms with Crippen molar-refractivity contribution in [3.05, 3.63) is 68.0 Å². The lowest BCUT2D eigenvalue weighted by Crippen LogP contribution is -2.60. The molecule has 1 aromatic carbocycles. The second kappa shape index (κ2) is 8.70. The molecule has 0 N–H and O–H groups in total. The largest absolute Gasteiger partial charge is 0.335 e. The summed E-state index contributed by atoms with van der Waals surface area (Å²) in [6, 6.07) is 6.21. The minimum Gasteiger partial charge on any atom is -0.335 e. The van der Waals surface area contributed by atoms with Gasteiger partial charge in [0.25, 0.3) is 5.56 Å². The van der Waals surface area contributed by atoms with Crippen molar-refractivity contribution in [2.75, 3.05) is 13.1 Å². The van der Waals surface area contributed by atoms with Gasteiger partial charge in [0.2, 0.25) is 5.91 Å². The molecule has 0 atom stereocenters. The van der Waals surface area contributed by atoms with Gasteiger partial charge in [-0.15, -0.1) is 11.3 Å². The van der Waals surface area contributed by atoms with E-state index in [0.717, 1.165) is 0 Å². The van der Waals surface area contributed by atoms with E-state index in [-0.39, 0.29) is 35.4 Å². The van der Waals surface area contributed by atoms with Crippen LogP contribution >= 0.6 is 27.3 Å². The van der Waals surface area contributed by atoms with Gasteiger partial charge in [-0.1, -0.05) is 6.07 Å². The lowest BCUT2D eigenvalue weighted by atomic mass is 9.99. The summed E-state index contributed by atoms with van der Waals surface area (Å²) in [6.07, 6.45) is 3.08. The van der Waals surface area contributed by atoms with E-state index in [9.17, 15) is 18.4 Å². The van der Waals surface area contributed by atoms with Crippen molar-refractivity contribution >= 4 is 43.4 Å². The minimum atomic E-state index is -1.40. The summed E-state index contributed by atoms with van der Waals surface area (Å²) in [7, 11) is 1.79. The molecule has 0 saturated carbocycles. The predicted octanol–water partition coefficient (Wildman–Crippen LogP) is 3.73. The molecule has 0 radical (unpaired) electrons. The standard InChI is InChI=1S/C24H18BrF2N5O2S/c1-24(27)11-32(12-24)19(33)10-31-13-28-22-21(23(31)34)20(14-3-5-17(26)16(25)9-14)18(35-22)6-4-15-7-8-30(2)29-15/h3,5,7-9,13H,10-12H2,1-2H3. The molecule has 1 aliphatic heterocycles. The van der Waals surface area contributed by atoms with E-state index >= 15 is 0 Å². The van der Waals surface area contributed by atoms with E-state index in [1.54, 1.807) is 36.1 Å². The zero-order chi connectivity index (χ0) is 24.9. The lowest BCUT2D eigenvalue weighted by Gasteiger charge is -2.42. The first-order valence-corrected chi connectivity index (χ1v) is 12.2. The third kappa shape index (κ3) is 4.51. The van der Waals surface area contributed by atoms with Gasteiger partial charge in [0.15, 0.2) is 0 Å². The molecule has 0 bridgehead atoms. The third-order valence-corrected chi connectivity index (χ3v) is 7.23. The number of carbonyl (C=O) groups excluding carboxylic acids is 1. The van der Waals surface area contributed by atoms with E-state index in [4.69, 9.17) is 0 Å². The van der Waals surface area contributed by atoms with Crippen LogP contribution in [0.4, 0.5) is 8.78 Å². The molecule has 0 unspecified atom stereocenters. The highest BCUT2D eigenvalue weighted by Crippen LogP contribution is 2.37. The van der Waals surface area contributed by atoms with E-state index in [1.807, 2.05) is 0 Å². The summed E-state index contributed by atoms with van der Waals surface area (Å²) in [6.45, 7) is 1.17. The number of rotatable bonds is 3. The van der Waals surface area contributed by atoms with Crippen molar-refractivity contribution in [1.82, 2.24) is 24.2 Å². The van der Waals surface area contributed by atoms with Gasteiger partial charge in [0, 0.05) is 18.8 Å². The Morgan fingerprint density at radius 2 is 2.06 bits per heavy atom. The van der Waals surface area contributed by atoms with Crippen LogP contribution in [0.15, 0.2) is 46.1 Å². The topological polar surface area (TPSA) is 73.0 Å². The Balaban J connectivity index is 1.62. The number of hydrogen-bond donors (Lipinski definition) is 0. The average molecular weight is 558 g/mol. The van der Waals surface area contributed by atoms with Crippen molar-refractivity contribution in [3.63, 3.8) is 0 Å². The van der Waals surface area contributed by atoms with Crippen molar-refractivity contribution in [2.24, 2.45) is 7.05 Å². The normalized spacial score (nSPS) is 14.5. The Hall–Kier alpha value is -3.36. The smallest absolute Gasteiger partial charge is 0.263 e. The number of hydrogen-bond acceptors (Lipinski definition) is 5. The first kappa shape index (κ1) is 23.4. The Bertz CT molecular complexity index is 1600. The molecular weight excluding hydrogens is 540 g/mol. The van der Waals surface area contributed by atoms with Crippen LogP contribution in [0.3, 0.4) is 0 Å². The van der Waals surface area contributed by atoms with Crippen LogP contribution in [0, 0.1) is 17.7 Å². The summed E-state index contributed by atoms with van der Waals surface area (Å²) in [4.78, 5) is 32.8. The number of halogens is 3. The molecule has 0 aliphatic carbocycles. The molecule has 7 nitrogen and oxygen atoms in total. The predicted molar refractivity (Wildman–Crippen MR) is 132 cm³/mol. The fourth-order valence-electron chi connectivity index (χ4n) is 3.93. The Labute approximate surface area is 211 Å². The van der Waals surface area contributed by atoms with E-state index in [1.165, 1.54) is 40.1 Å². The highest BCUT2D eigenvalue weighted by molar-refractivity contribution is 9.10. The van der Waals surface area contributed by atoms with Crippen LogP contribution in [-0.4, -0.2) is 48.9 Å². The number of aryl methyl sites for hydroxylation is 1. The summed E-state index contributed by atoms with van der Waals surface area (Å²) >= 11 is 4.44. The number of thiophene rings is 1. The molecule has 3 aromatic heterocycles. The number of alkyl halides is 1. The zero-order valence-electron chi connectivity index (χ0n) is 18.7. The first-order valence-electron chi connectivity index (χ1n) is 10.6. The lowest BCUT2D eigenvalue weighted by molar-refractivity contribution is -0.144. The Morgan fingerprint density at radius 1 is 1.29 bits per heavy atom. The summed E-state index contributed by atoms with van der Waals surface area (Å²) in [5, 5.41) is 4.54. The van der Waals surface area contributed by atoms with Crippen molar-refractivity contribution in [2.45, 2.75) is 19.1 Å². The van der Waals surface area contributed by atoms with Gasteiger partial charge in [0.1, 0.15) is 28.6 Å². The van der Waals surface area contributed by atoms with E-state index in [0.29, 0.717) is 26.5 Å². The Morgan fingerprint density at radius 3 is 2.71 bits per heavy atom. The maximum Gasteiger partial charge on any atom is 0.263 e. The van der Waals surface area contributed by atoms with Gasteiger partial charge in [-0.3, -0.25) is 18.8 Å². The molecule has 11 heteroatoms. The number of aromatic nitrogens is 4. The average Bonchev–Trinajstić information content (AvgIpc) is 3.37. The second-order valence-electron chi connectivity index (χ2n) is 8.58. The molecule has 178 valence electrons. The molecule has 1 aliphatic rings. The number of carbonyl (C=O) groups is 1. The number of likely N-dealkylation sites (tertiary alicyclic amines) is 1. The molecule has 35 heavy (non-hydrogen) atoms. The molecule has 5 rings (SSSR count). The van der Waals surface area contributed by atoms with E-state index in [2.05, 4.69) is 37.9 Å². The van der Waals surface area contributed by atoms with Gasteiger partial charge >= 0.3 is 0 Å². The molecule has 0 spiro atoms. The van der Waals surface area contributed by atoms with Gasteiger partial charge in [-0.25, -0.2) is 13.8 Å². The fourth-order valence-corrected chi connectivity index (χ4v) is 5.32. The number of fused-ring (bicyclic) bond motifs is 1. The van der Waals surface area contributed by atoms with Crippen LogP contribution in [0.1, 0.15) is 17.5 Å². The van der Waals surface area contributed by atoms with Gasteiger partial charge < -0.3 is 4.90 Å². The third-order valence-electron chi connectivity index (χ3n) is 5.60. The van der Waals surface area contributed by atoms with Gasteiger partial charge in [-0.2, -0.15) is 5.10 Å². The molecule has 4 aromatic rings. The second-order valence-corrected chi connectivity index (χ2v) is 10.4. The van der Waals surface area contributed by atoms with Crippen LogP contribution in [-0.2, 0) is 18.4 Å². The maximum atomic E-state index is 14.0. The molecular formula is C24H18BrF2N5O2S. The number of amides is 1. The highest BCUT2D eigenvalue weighted by atomic mass is 79.9. The minimum absolute atomic E-state index is 0.00315. The SMILES string of the molecule is Cn1ccc(C#Cc2sc3ncn(CC(=O)N4CC(C)(F)C4)c(=O)c3c2-c2ccc(F)c(Br)c2)n1. The molecule has 1 saturated heterocycles. The van der Waals surface area contributed by atoms with Gasteiger partial charge in [-0.05, 0) is 58.5 Å². The maximum absolute atomic E-state index is 14.0. The summed E-state index contributed by atoms with van der Waals surface area (Å²) < 4.78 is 30.9. The Kier molecular flexibility index (Phi) is 5.81. The van der Waals surface area contributed by atoms with Crippen LogP contribution in [0.5, 0.6) is 0 Å². The van der Waals surface area contributed by atoms with Crippen molar-refractivity contribution < 1.29 is 13.6 Å². The monoisotopic (exact) mass is 557 g/mol. The fraction of sp³-hybridized carbons (Fsp3) is 0.250. The highest BCUT2D eigenvalue weighted by Gasteiger charge is 2.41. The quantitative estimate of drug-likeness (QED) is 0.360. The zero-order valence-corrected chi connectivity index (χ0v) is 21.1. The van der Waals surface area contributed by atoms with Gasteiger partial charge in [0.05, 0.1) is 34.2 Å². The van der Waals surface area contributed by atoms with Crippen LogP contribution in [0.25, 0.3) is 21.3 Å². The molecule has 1 amide bonds. The van der Waals surface area contributed by atoms with E-state index < -0.39 is 17.0 Å². The molecule has 4 heterocycles. The van der Waals surface area contributed by atoms with Crippen molar-refractivity contribution in [1.29, 1.82) is 0 Å². The summed E-state index contributed by atoms with van der Waals surface area (Å²) in [5.74, 6) is 5.27. The number of benzene rings is 1. The summed E-state index contributed by atoms with van der Waals surface area (Å²) in [5.41, 5.74) is -0.186. The van der Waals surface area contributed by atoms with Crippen LogP contribution in [0.2, 0.25) is 0 Å².